The number of ether oxygens (including phenoxy) is 3. The van der Waals surface area contributed by atoms with Crippen LogP contribution in [0.25, 0.3) is 0 Å². The van der Waals surface area contributed by atoms with Crippen molar-refractivity contribution in [3.63, 3.8) is 0 Å². The van der Waals surface area contributed by atoms with Crippen LogP contribution in [0.4, 0.5) is 74.6 Å². The largest absolute Gasteiger partial charge is 0.462 e. The van der Waals surface area contributed by atoms with Crippen molar-refractivity contribution in [3.05, 3.63) is 0 Å². The molecule has 0 radical (unpaired) electrons. The van der Waals surface area contributed by atoms with Crippen LogP contribution in [-0.4, -0.2) is 60.5 Å². The third kappa shape index (κ3) is 5.63. The van der Waals surface area contributed by atoms with Gasteiger partial charge in [-0.3, -0.25) is 9.47 Å². The number of rotatable bonds is 8. The normalized spacial score (nSPS) is 20.9. The van der Waals surface area contributed by atoms with Gasteiger partial charge in [-0.05, 0) is 25.7 Å². The Kier molecular flexibility index (Phi) is 7.98. The highest BCUT2D eigenvalue weighted by atomic mass is 19.4. The van der Waals surface area contributed by atoms with Crippen LogP contribution in [0.1, 0.15) is 25.7 Å². The monoisotopic (exact) mass is 564 g/mol. The van der Waals surface area contributed by atoms with Crippen molar-refractivity contribution in [1.82, 2.24) is 0 Å². The molecule has 1 aliphatic rings. The van der Waals surface area contributed by atoms with Gasteiger partial charge in [-0.25, -0.2) is 4.79 Å². The molecule has 0 bridgehead atoms. The van der Waals surface area contributed by atoms with Crippen LogP contribution in [0.5, 0.6) is 0 Å². The minimum Gasteiger partial charge on any atom is -0.458 e. The predicted octanol–water partition coefficient (Wildman–Crippen LogP) is 6.34. The van der Waals surface area contributed by atoms with Gasteiger partial charge in [-0.15, -0.1) is 0 Å². The van der Waals surface area contributed by atoms with Gasteiger partial charge in [0.2, 0.25) is 0 Å². The van der Waals surface area contributed by atoms with Gasteiger partial charge in [-0.1, -0.05) is 0 Å². The van der Waals surface area contributed by atoms with E-state index in [1.165, 1.54) is 4.74 Å². The first-order chi connectivity index (χ1) is 15.2. The molecule has 0 amide bonds. The molecule has 208 valence electrons. The summed E-state index contributed by atoms with van der Waals surface area (Å²) in [6, 6.07) is 0. The van der Waals surface area contributed by atoms with Crippen molar-refractivity contribution >= 4 is 5.97 Å². The van der Waals surface area contributed by atoms with E-state index in [4.69, 9.17) is 0 Å². The lowest BCUT2D eigenvalue weighted by molar-refractivity contribution is -0.548. The van der Waals surface area contributed by atoms with Gasteiger partial charge < -0.3 is 4.74 Å². The van der Waals surface area contributed by atoms with Crippen LogP contribution >= 0.6 is 0 Å². The van der Waals surface area contributed by atoms with Crippen LogP contribution in [0.3, 0.4) is 0 Å². The van der Waals surface area contributed by atoms with Crippen molar-refractivity contribution in [1.29, 1.82) is 0 Å². The minimum atomic E-state index is -8.03. The zero-order valence-electron chi connectivity index (χ0n) is 16.0. The van der Waals surface area contributed by atoms with Crippen LogP contribution in [-0.2, 0) is 19.0 Å². The molecule has 35 heavy (non-hydrogen) atoms. The van der Waals surface area contributed by atoms with Gasteiger partial charge >= 0.3 is 54.3 Å². The van der Waals surface area contributed by atoms with Gasteiger partial charge in [0.25, 0.3) is 0 Å². The Labute approximate surface area is 181 Å². The summed E-state index contributed by atoms with van der Waals surface area (Å²) in [6.07, 6.45) is -40.6. The molecular formula is C14H9F17O4. The lowest BCUT2D eigenvalue weighted by atomic mass is 10.2. The molecule has 0 unspecified atom stereocenters. The predicted molar refractivity (Wildman–Crippen MR) is 71.2 cm³/mol. The number of hydrogen-bond donors (Lipinski definition) is 0. The maximum atomic E-state index is 14.2. The average Bonchev–Trinajstić information content (AvgIpc) is 3.10. The first-order valence-corrected chi connectivity index (χ1v) is 8.49. The molecule has 1 aliphatic carbocycles. The second-order valence-corrected chi connectivity index (χ2v) is 6.81. The molecule has 0 aliphatic heterocycles. The third-order valence-corrected chi connectivity index (χ3v) is 4.20. The Morgan fingerprint density at radius 3 is 1.34 bits per heavy atom. The second-order valence-electron chi connectivity index (χ2n) is 6.81. The average molecular weight is 564 g/mol. The summed E-state index contributed by atoms with van der Waals surface area (Å²) in [5, 5.41) is 0. The maximum absolute atomic E-state index is 14.2. The Morgan fingerprint density at radius 2 is 1.00 bits per heavy atom. The zero-order valence-corrected chi connectivity index (χ0v) is 16.0. The molecule has 0 aromatic heterocycles. The van der Waals surface area contributed by atoms with Crippen molar-refractivity contribution in [3.8, 4) is 0 Å². The zero-order chi connectivity index (χ0) is 28.1. The maximum Gasteiger partial charge on any atom is 0.462 e. The van der Waals surface area contributed by atoms with E-state index in [2.05, 4.69) is 4.74 Å². The number of carbonyl (C=O) groups excluding carboxylic acids is 1. The van der Waals surface area contributed by atoms with E-state index in [-0.39, 0.29) is 25.7 Å². The number of hydrogen-bond acceptors (Lipinski definition) is 4. The third-order valence-electron chi connectivity index (χ3n) is 4.20. The van der Waals surface area contributed by atoms with Gasteiger partial charge in [0.1, 0.15) is 6.10 Å². The van der Waals surface area contributed by atoms with Crippen LogP contribution in [0.15, 0.2) is 0 Å². The van der Waals surface area contributed by atoms with Gasteiger partial charge in [-0.2, -0.15) is 74.6 Å². The molecule has 1 fully saturated rings. The highest BCUT2D eigenvalue weighted by molar-refractivity contribution is 5.79. The molecule has 21 heteroatoms. The van der Waals surface area contributed by atoms with E-state index < -0.39 is 60.5 Å². The van der Waals surface area contributed by atoms with Crippen LogP contribution in [0.2, 0.25) is 0 Å². The smallest absolute Gasteiger partial charge is 0.458 e. The van der Waals surface area contributed by atoms with E-state index in [9.17, 15) is 79.4 Å². The van der Waals surface area contributed by atoms with Gasteiger partial charge in [0, 0.05) is 0 Å². The van der Waals surface area contributed by atoms with Crippen LogP contribution in [0, 0.1) is 0 Å². The molecule has 1 rings (SSSR count). The fraction of sp³-hybridized carbons (Fsp3) is 0.929. The SMILES string of the molecule is O=C(OC1CCCC1)[C@@](F)(OC(F)(F)[C@@](F)(OC(F)(F)C(F)(F)C(F)(F)F)C(F)(F)F)C(F)(F)F. The van der Waals surface area contributed by atoms with Crippen molar-refractivity contribution < 1.29 is 93.6 Å². The summed E-state index contributed by atoms with van der Waals surface area (Å²) in [5.41, 5.74) is 0. The minimum absolute atomic E-state index is 0.109. The van der Waals surface area contributed by atoms with Crippen molar-refractivity contribution in [2.24, 2.45) is 0 Å². The molecule has 1 saturated carbocycles. The highest BCUT2D eigenvalue weighted by Crippen LogP contribution is 2.56. The quantitative estimate of drug-likeness (QED) is 0.255. The summed E-state index contributed by atoms with van der Waals surface area (Å²) in [5.74, 6) is -26.3. The Morgan fingerprint density at radius 1 is 0.571 bits per heavy atom. The summed E-state index contributed by atoms with van der Waals surface area (Å²) in [6.45, 7) is 0. The summed E-state index contributed by atoms with van der Waals surface area (Å²) in [7, 11) is 0. The molecule has 4 nitrogen and oxygen atoms in total. The first-order valence-electron chi connectivity index (χ1n) is 8.49. The van der Waals surface area contributed by atoms with E-state index in [0.29, 0.717) is 0 Å². The molecule has 0 saturated heterocycles. The Bertz CT molecular complexity index is 766. The highest BCUT2D eigenvalue weighted by Gasteiger charge is 2.85. The first kappa shape index (κ1) is 31.2. The van der Waals surface area contributed by atoms with E-state index >= 15 is 0 Å². The van der Waals surface area contributed by atoms with Crippen LogP contribution < -0.4 is 0 Å². The second kappa shape index (κ2) is 8.94. The summed E-state index contributed by atoms with van der Waals surface area (Å²) < 4.78 is 228. The van der Waals surface area contributed by atoms with E-state index in [1.54, 1.807) is 0 Å². The number of carbonyl (C=O) groups is 1. The standard InChI is InChI=1S/C14H9F17O4/c15-7(10(19,20)21,6(32)33-5-3-1-2-4-5)34-14(30,31)9(18,12(25,26)27)35-13(28,29)8(16,17)11(22,23)24/h5H,1-4H2/t7-,9+/m1/s1. The van der Waals surface area contributed by atoms with Crippen molar-refractivity contribution in [2.75, 3.05) is 0 Å². The molecule has 0 aromatic carbocycles. The molecule has 0 spiro atoms. The molecular weight excluding hydrogens is 555 g/mol. The van der Waals surface area contributed by atoms with Gasteiger partial charge in [0.15, 0.2) is 0 Å². The topological polar surface area (TPSA) is 44.8 Å². The van der Waals surface area contributed by atoms with Crippen molar-refractivity contribution in [2.45, 2.75) is 80.2 Å². The van der Waals surface area contributed by atoms with Gasteiger partial charge in [0.05, 0.1) is 0 Å². The number of esters is 1. The molecule has 0 N–H and O–H groups in total. The number of alkyl halides is 17. The lowest BCUT2D eigenvalue weighted by Crippen LogP contribution is -2.68. The molecule has 2 atom stereocenters. The lowest BCUT2D eigenvalue weighted by Gasteiger charge is -2.40. The summed E-state index contributed by atoms with van der Waals surface area (Å²) >= 11 is 0. The summed E-state index contributed by atoms with van der Waals surface area (Å²) in [4.78, 5) is 11.5. The number of halogens is 17. The van der Waals surface area contributed by atoms with E-state index in [1.807, 2.05) is 4.74 Å². The molecule has 0 heterocycles. The Balaban J connectivity index is 3.54. The fourth-order valence-electron chi connectivity index (χ4n) is 2.38. The fourth-order valence-corrected chi connectivity index (χ4v) is 2.38. The van der Waals surface area contributed by atoms with E-state index in [0.717, 1.165) is 0 Å². The molecule has 0 aromatic rings. The Hall–Kier alpha value is -1.80.